The van der Waals surface area contributed by atoms with Gasteiger partial charge in [0.25, 0.3) is 0 Å². The van der Waals surface area contributed by atoms with Gasteiger partial charge in [-0.3, -0.25) is 5.26 Å². The van der Waals surface area contributed by atoms with Gasteiger partial charge in [-0.1, -0.05) is 43.1 Å². The molecule has 4 nitrogen and oxygen atoms in total. The van der Waals surface area contributed by atoms with Gasteiger partial charge in [0, 0.05) is 10.6 Å². The average molecular weight is 472 g/mol. The molecule has 166 valence electrons. The van der Waals surface area contributed by atoms with Crippen molar-refractivity contribution in [3.05, 3.63) is 69.2 Å². The lowest BCUT2D eigenvalue weighted by molar-refractivity contribution is -0.252. The van der Waals surface area contributed by atoms with Gasteiger partial charge >= 0.3 is 6.18 Å². The SMILES string of the molecule is CCCCc1nc(-c2ccc(C(F)(F)F)cc2)sc1COc1ccc(COO)c(Cl)c1. The van der Waals surface area contributed by atoms with Crippen molar-refractivity contribution in [1.29, 1.82) is 0 Å². The third kappa shape index (κ3) is 6.20. The summed E-state index contributed by atoms with van der Waals surface area (Å²) in [6, 6.07) is 10.1. The Kier molecular flexibility index (Phi) is 7.94. The highest BCUT2D eigenvalue weighted by Gasteiger charge is 2.30. The number of thiazole rings is 1. The van der Waals surface area contributed by atoms with Gasteiger partial charge in [-0.15, -0.1) is 11.3 Å². The van der Waals surface area contributed by atoms with Crippen LogP contribution in [0.15, 0.2) is 42.5 Å². The van der Waals surface area contributed by atoms with Crippen molar-refractivity contribution in [1.82, 2.24) is 4.98 Å². The number of nitrogens with zero attached hydrogens (tertiary/aromatic N) is 1. The van der Waals surface area contributed by atoms with E-state index in [2.05, 4.69) is 16.8 Å². The quantitative estimate of drug-likeness (QED) is 0.261. The van der Waals surface area contributed by atoms with Gasteiger partial charge in [-0.05, 0) is 42.7 Å². The fourth-order valence-electron chi connectivity index (χ4n) is 2.91. The second-order valence-corrected chi connectivity index (χ2v) is 8.37. The minimum absolute atomic E-state index is 0.0222. The first kappa shape index (κ1) is 23.5. The highest BCUT2D eigenvalue weighted by molar-refractivity contribution is 7.15. The van der Waals surface area contributed by atoms with E-state index in [-0.39, 0.29) is 13.2 Å². The Bertz CT molecular complexity index is 1010. The molecule has 3 rings (SSSR count). The number of ether oxygens (including phenoxy) is 1. The van der Waals surface area contributed by atoms with Crippen molar-refractivity contribution >= 4 is 22.9 Å². The third-order valence-electron chi connectivity index (χ3n) is 4.62. The van der Waals surface area contributed by atoms with Gasteiger partial charge in [-0.2, -0.15) is 13.2 Å². The topological polar surface area (TPSA) is 51.6 Å². The fourth-order valence-corrected chi connectivity index (χ4v) is 4.17. The molecule has 0 saturated heterocycles. The van der Waals surface area contributed by atoms with Crippen LogP contribution in [0.25, 0.3) is 10.6 Å². The Morgan fingerprint density at radius 1 is 1.10 bits per heavy atom. The molecular formula is C22H21ClF3NO3S. The molecule has 0 saturated carbocycles. The van der Waals surface area contributed by atoms with Crippen LogP contribution in [0.3, 0.4) is 0 Å². The number of aromatic nitrogens is 1. The highest BCUT2D eigenvalue weighted by Crippen LogP contribution is 2.34. The lowest BCUT2D eigenvalue weighted by Crippen LogP contribution is -2.03. The van der Waals surface area contributed by atoms with Gasteiger partial charge in [0.2, 0.25) is 0 Å². The second kappa shape index (κ2) is 10.5. The molecule has 3 aromatic rings. The van der Waals surface area contributed by atoms with Gasteiger partial charge in [0.1, 0.15) is 24.0 Å². The van der Waals surface area contributed by atoms with Crippen molar-refractivity contribution in [2.75, 3.05) is 0 Å². The molecule has 1 aromatic heterocycles. The first-order chi connectivity index (χ1) is 14.8. The van der Waals surface area contributed by atoms with E-state index in [9.17, 15) is 13.2 Å². The van der Waals surface area contributed by atoms with Crippen LogP contribution in [0.4, 0.5) is 13.2 Å². The first-order valence-corrected chi connectivity index (χ1v) is 10.8. The van der Waals surface area contributed by atoms with E-state index in [1.54, 1.807) is 18.2 Å². The molecular weight excluding hydrogens is 451 g/mol. The summed E-state index contributed by atoms with van der Waals surface area (Å²) in [5.74, 6) is 0.553. The minimum Gasteiger partial charge on any atom is -0.488 e. The molecule has 0 fully saturated rings. The van der Waals surface area contributed by atoms with Crippen LogP contribution in [0.1, 0.15) is 41.5 Å². The molecule has 0 atom stereocenters. The second-order valence-electron chi connectivity index (χ2n) is 6.88. The van der Waals surface area contributed by atoms with Crippen molar-refractivity contribution in [2.24, 2.45) is 0 Å². The van der Waals surface area contributed by atoms with Crippen LogP contribution >= 0.6 is 22.9 Å². The standard InChI is InChI=1S/C22H21ClF3NO3S/c1-2-3-4-19-20(13-29-17-10-7-15(12-30-28)18(23)11-17)31-21(27-19)14-5-8-16(9-6-14)22(24,25)26/h5-11,28H,2-4,12-13H2,1H3. The summed E-state index contributed by atoms with van der Waals surface area (Å²) in [6.07, 6.45) is -1.66. The summed E-state index contributed by atoms with van der Waals surface area (Å²) in [6.45, 7) is 2.33. The number of unbranched alkanes of at least 4 members (excludes halogenated alkanes) is 1. The summed E-state index contributed by atoms with van der Waals surface area (Å²) < 4.78 is 44.4. The Labute approximate surface area is 187 Å². The lowest BCUT2D eigenvalue weighted by atomic mass is 10.1. The zero-order valence-corrected chi connectivity index (χ0v) is 18.3. The molecule has 0 aliphatic heterocycles. The summed E-state index contributed by atoms with van der Waals surface area (Å²) in [5, 5.41) is 9.64. The summed E-state index contributed by atoms with van der Waals surface area (Å²) in [4.78, 5) is 9.69. The van der Waals surface area contributed by atoms with Crippen LogP contribution in [-0.2, 0) is 30.7 Å². The molecule has 31 heavy (non-hydrogen) atoms. The predicted molar refractivity (Wildman–Crippen MR) is 114 cm³/mol. The van der Waals surface area contributed by atoms with Crippen LogP contribution < -0.4 is 4.74 Å². The number of rotatable bonds is 9. The maximum Gasteiger partial charge on any atom is 0.416 e. The molecule has 0 amide bonds. The van der Waals surface area contributed by atoms with E-state index in [1.165, 1.54) is 23.5 Å². The van der Waals surface area contributed by atoms with E-state index in [1.807, 2.05) is 0 Å². The van der Waals surface area contributed by atoms with E-state index in [4.69, 9.17) is 21.6 Å². The smallest absolute Gasteiger partial charge is 0.416 e. The molecule has 1 heterocycles. The highest BCUT2D eigenvalue weighted by atomic mass is 35.5. The third-order valence-corrected chi connectivity index (χ3v) is 6.09. The maximum atomic E-state index is 12.8. The van der Waals surface area contributed by atoms with Crippen LogP contribution in [0.5, 0.6) is 5.75 Å². The van der Waals surface area contributed by atoms with E-state index >= 15 is 0 Å². The lowest BCUT2D eigenvalue weighted by Gasteiger charge is -2.08. The van der Waals surface area contributed by atoms with Gasteiger partial charge in [0.05, 0.1) is 16.1 Å². The summed E-state index contributed by atoms with van der Waals surface area (Å²) >= 11 is 7.57. The molecule has 1 N–H and O–H groups in total. The monoisotopic (exact) mass is 471 g/mol. The van der Waals surface area contributed by atoms with Crippen LogP contribution in [0.2, 0.25) is 5.02 Å². The number of hydrogen-bond acceptors (Lipinski definition) is 5. The van der Waals surface area contributed by atoms with Gasteiger partial charge < -0.3 is 4.74 Å². The predicted octanol–water partition coefficient (Wildman–Crippen LogP) is 7.39. The number of benzene rings is 2. The van der Waals surface area contributed by atoms with Gasteiger partial charge in [-0.25, -0.2) is 9.87 Å². The number of hydrogen-bond donors (Lipinski definition) is 1. The molecule has 0 spiro atoms. The van der Waals surface area contributed by atoms with E-state index in [0.717, 1.165) is 42.0 Å². The zero-order chi connectivity index (χ0) is 22.4. The van der Waals surface area contributed by atoms with E-state index < -0.39 is 11.7 Å². The average Bonchev–Trinajstić information content (AvgIpc) is 3.15. The largest absolute Gasteiger partial charge is 0.488 e. The molecule has 0 radical (unpaired) electrons. The number of aryl methyl sites for hydroxylation is 1. The van der Waals surface area contributed by atoms with Crippen molar-refractivity contribution in [2.45, 2.75) is 45.6 Å². The minimum atomic E-state index is -4.37. The van der Waals surface area contributed by atoms with Crippen molar-refractivity contribution in [3.8, 4) is 16.3 Å². The summed E-state index contributed by atoms with van der Waals surface area (Å²) in [5.41, 5.74) is 1.47. The first-order valence-electron chi connectivity index (χ1n) is 9.65. The molecule has 2 aromatic carbocycles. The van der Waals surface area contributed by atoms with Crippen molar-refractivity contribution in [3.63, 3.8) is 0 Å². The van der Waals surface area contributed by atoms with Crippen molar-refractivity contribution < 1.29 is 28.1 Å². The zero-order valence-electron chi connectivity index (χ0n) is 16.7. The molecule has 0 bridgehead atoms. The van der Waals surface area contributed by atoms with Gasteiger partial charge in [0.15, 0.2) is 0 Å². The normalized spacial score (nSPS) is 11.7. The molecule has 0 aliphatic carbocycles. The Morgan fingerprint density at radius 3 is 2.45 bits per heavy atom. The van der Waals surface area contributed by atoms with E-state index in [0.29, 0.717) is 26.9 Å². The van der Waals surface area contributed by atoms with Crippen LogP contribution in [-0.4, -0.2) is 10.2 Å². The Balaban J connectivity index is 1.79. The van der Waals surface area contributed by atoms with Crippen LogP contribution in [0, 0.1) is 0 Å². The molecule has 0 unspecified atom stereocenters. The molecule has 9 heteroatoms. The number of alkyl halides is 3. The number of halogens is 4. The molecule has 0 aliphatic rings. The Hall–Kier alpha value is -2.13. The summed E-state index contributed by atoms with van der Waals surface area (Å²) in [7, 11) is 0. The fraction of sp³-hybridized carbons (Fsp3) is 0.318. The Morgan fingerprint density at radius 2 is 1.84 bits per heavy atom. The maximum absolute atomic E-state index is 12.8.